The molecule has 0 bridgehead atoms. The molecule has 0 unspecified atom stereocenters. The van der Waals surface area contributed by atoms with E-state index in [0.717, 1.165) is 59.2 Å². The van der Waals surface area contributed by atoms with Crippen molar-refractivity contribution in [3.8, 4) is 22.4 Å². The van der Waals surface area contributed by atoms with Crippen LogP contribution in [0.25, 0.3) is 54.3 Å². The van der Waals surface area contributed by atoms with E-state index >= 15 is 0 Å². The molecule has 0 aliphatic carbocycles. The molecule has 0 aliphatic rings. The summed E-state index contributed by atoms with van der Waals surface area (Å²) in [4.78, 5) is 18.3. The fourth-order valence-electron chi connectivity index (χ4n) is 6.85. The number of fused-ring (bicyclic) bond motifs is 3. The van der Waals surface area contributed by atoms with Crippen LogP contribution < -0.4 is 0 Å². The molecule has 0 saturated heterocycles. The SMILES string of the molecule is CC(C)Cc1coc2ccc(-c3cc(-c4[c-]c5ccccc5c(C(C)(C)C)c4)nc4sccc34)cc12.CCC(C)(CC)C(=O)/C=C(\O)C(C)(CC)CC.[Ir]. The fourth-order valence-corrected chi connectivity index (χ4v) is 7.63. The van der Waals surface area contributed by atoms with Crippen molar-refractivity contribution in [1.82, 2.24) is 4.98 Å². The van der Waals surface area contributed by atoms with E-state index in [2.05, 4.69) is 107 Å². The van der Waals surface area contributed by atoms with Gasteiger partial charge >= 0.3 is 0 Å². The van der Waals surface area contributed by atoms with Crippen molar-refractivity contribution in [3.63, 3.8) is 0 Å². The van der Waals surface area contributed by atoms with Gasteiger partial charge in [0.15, 0.2) is 5.78 Å². The molecule has 6 heteroatoms. The summed E-state index contributed by atoms with van der Waals surface area (Å²) in [6, 6.07) is 25.5. The molecule has 1 N–H and O–H groups in total. The third-order valence-electron chi connectivity index (χ3n) is 11.5. The number of hydrogen-bond acceptors (Lipinski definition) is 5. The average Bonchev–Trinajstić information content (AvgIpc) is 3.79. The molecule has 0 amide bonds. The first-order valence-electron chi connectivity index (χ1n) is 19.4. The largest absolute Gasteiger partial charge is 0.512 e. The molecule has 6 rings (SSSR count). The molecule has 289 valence electrons. The van der Waals surface area contributed by atoms with Crippen molar-refractivity contribution in [3.05, 3.63) is 101 Å². The molecule has 6 aromatic rings. The number of carbonyl (C=O) groups is 1. The summed E-state index contributed by atoms with van der Waals surface area (Å²) in [5, 5.41) is 17.1. The zero-order valence-corrected chi connectivity index (χ0v) is 37.3. The van der Waals surface area contributed by atoms with Crippen molar-refractivity contribution in [2.24, 2.45) is 16.7 Å². The standard InChI is InChI=1S/C33H30NOS.C15H28O2.Ir/c1-20(2)14-24-19-35-31-11-10-22(16-28(24)31)27-18-30(34-32-26(27)12-13-36-32)23-15-21-8-6-7-9-25(21)29(17-23)33(3,4)5;1-7-14(5,8-2)12(16)11-13(17)15(6,9-3)10-4;/h6-13,16-20H,14H2,1-5H3;11,16H,7-10H2,1-6H3;/q-1;;/b;12-11-;. The van der Waals surface area contributed by atoms with Gasteiger partial charge in [-0.25, -0.2) is 0 Å². The van der Waals surface area contributed by atoms with Crippen LogP contribution in [0.3, 0.4) is 0 Å². The van der Waals surface area contributed by atoms with Gasteiger partial charge in [-0.1, -0.05) is 117 Å². The number of allylic oxidation sites excluding steroid dienone is 2. The Morgan fingerprint density at radius 2 is 1.54 bits per heavy atom. The van der Waals surface area contributed by atoms with Crippen molar-refractivity contribution in [2.75, 3.05) is 0 Å². The van der Waals surface area contributed by atoms with Crippen LogP contribution in [0.5, 0.6) is 0 Å². The minimum atomic E-state index is -0.337. The van der Waals surface area contributed by atoms with Crippen LogP contribution in [0.1, 0.15) is 113 Å². The maximum absolute atomic E-state index is 12.2. The zero-order valence-electron chi connectivity index (χ0n) is 34.1. The molecule has 3 aromatic carbocycles. The summed E-state index contributed by atoms with van der Waals surface area (Å²) < 4.78 is 5.88. The number of rotatable bonds is 11. The second-order valence-electron chi connectivity index (χ2n) is 16.6. The number of ketones is 1. The predicted octanol–water partition coefficient (Wildman–Crippen LogP) is 14.5. The van der Waals surface area contributed by atoms with Gasteiger partial charge in [-0.05, 0) is 83.7 Å². The number of pyridine rings is 1. The minimum absolute atomic E-state index is 0. The van der Waals surface area contributed by atoms with Crippen LogP contribution in [0.4, 0.5) is 0 Å². The summed E-state index contributed by atoms with van der Waals surface area (Å²) in [5.74, 6) is 0.861. The molecule has 3 heterocycles. The molecule has 0 spiro atoms. The molecule has 4 nitrogen and oxygen atoms in total. The van der Waals surface area contributed by atoms with E-state index in [4.69, 9.17) is 9.40 Å². The Morgan fingerprint density at radius 1 is 0.870 bits per heavy atom. The summed E-state index contributed by atoms with van der Waals surface area (Å²) >= 11 is 1.69. The van der Waals surface area contributed by atoms with Crippen molar-refractivity contribution in [1.29, 1.82) is 0 Å². The molecular weight excluding hydrogens is 863 g/mol. The van der Waals surface area contributed by atoms with Crippen molar-refractivity contribution >= 4 is 49.1 Å². The van der Waals surface area contributed by atoms with Gasteiger partial charge in [-0.15, -0.1) is 40.5 Å². The third-order valence-corrected chi connectivity index (χ3v) is 12.3. The van der Waals surface area contributed by atoms with Gasteiger partial charge in [0.05, 0.1) is 6.26 Å². The Morgan fingerprint density at radius 3 is 2.17 bits per heavy atom. The van der Waals surface area contributed by atoms with E-state index in [9.17, 15) is 9.90 Å². The van der Waals surface area contributed by atoms with Gasteiger partial charge in [0.25, 0.3) is 0 Å². The number of thiophene rings is 1. The summed E-state index contributed by atoms with van der Waals surface area (Å²) in [6.07, 6.45) is 7.68. The molecule has 0 fully saturated rings. The van der Waals surface area contributed by atoms with Gasteiger partial charge in [-0.2, -0.15) is 0 Å². The van der Waals surface area contributed by atoms with Gasteiger partial charge in [-0.3, -0.25) is 9.78 Å². The van der Waals surface area contributed by atoms with Crippen LogP contribution in [-0.4, -0.2) is 15.9 Å². The third kappa shape index (κ3) is 9.10. The van der Waals surface area contributed by atoms with Crippen LogP contribution in [-0.2, 0) is 36.7 Å². The van der Waals surface area contributed by atoms with Crippen LogP contribution in [0.2, 0.25) is 0 Å². The maximum Gasteiger partial charge on any atom is 0.164 e. The smallest absolute Gasteiger partial charge is 0.164 e. The molecule has 54 heavy (non-hydrogen) atoms. The Balaban J connectivity index is 0.000000309. The minimum Gasteiger partial charge on any atom is -0.512 e. The number of furan rings is 1. The first-order valence-corrected chi connectivity index (χ1v) is 20.3. The molecule has 0 saturated carbocycles. The number of benzene rings is 3. The van der Waals surface area contributed by atoms with Gasteiger partial charge in [0.1, 0.15) is 16.2 Å². The Labute approximate surface area is 340 Å². The predicted molar refractivity (Wildman–Crippen MR) is 227 cm³/mol. The molecule has 3 aromatic heterocycles. The first-order chi connectivity index (χ1) is 25.1. The number of aliphatic hydroxyl groups excluding tert-OH is 1. The van der Waals surface area contributed by atoms with Gasteiger partial charge in [0, 0.05) is 53.5 Å². The van der Waals surface area contributed by atoms with Crippen LogP contribution in [0, 0.1) is 22.8 Å². The van der Waals surface area contributed by atoms with Gasteiger partial charge < -0.3 is 9.52 Å². The number of carbonyl (C=O) groups excluding carboxylic acids is 1. The Hall–Kier alpha value is -3.57. The number of hydrogen-bond donors (Lipinski definition) is 1. The van der Waals surface area contributed by atoms with E-state index in [0.29, 0.717) is 5.92 Å². The quantitative estimate of drug-likeness (QED) is 0.0799. The number of aromatic nitrogens is 1. The topological polar surface area (TPSA) is 63.3 Å². The van der Waals surface area contributed by atoms with E-state index in [-0.39, 0.29) is 47.9 Å². The van der Waals surface area contributed by atoms with E-state index in [1.54, 1.807) is 11.3 Å². The van der Waals surface area contributed by atoms with E-state index in [1.807, 2.05) is 47.8 Å². The van der Waals surface area contributed by atoms with E-state index < -0.39 is 0 Å². The monoisotopic (exact) mass is 921 g/mol. The van der Waals surface area contributed by atoms with Crippen molar-refractivity contribution in [2.45, 2.75) is 114 Å². The first kappa shape index (κ1) is 43.2. The molecule has 0 aliphatic heterocycles. The summed E-state index contributed by atoms with van der Waals surface area (Å²) in [7, 11) is 0. The van der Waals surface area contributed by atoms with Crippen LogP contribution >= 0.6 is 11.3 Å². The molecule has 0 atom stereocenters. The zero-order chi connectivity index (χ0) is 38.7. The normalized spacial score (nSPS) is 12.6. The second-order valence-corrected chi connectivity index (χ2v) is 17.5. The average molecular weight is 921 g/mol. The van der Waals surface area contributed by atoms with Crippen LogP contribution in [0.15, 0.2) is 88.6 Å². The number of nitrogens with zero attached hydrogens (tertiary/aromatic N) is 1. The molecule has 1 radical (unpaired) electrons. The maximum atomic E-state index is 12.2. The summed E-state index contributed by atoms with van der Waals surface area (Å²) in [5.41, 5.74) is 7.35. The number of aliphatic hydroxyl groups is 1. The van der Waals surface area contributed by atoms with Gasteiger partial charge in [0.2, 0.25) is 0 Å². The second kappa shape index (κ2) is 17.5. The Kier molecular flexibility index (Phi) is 14.0. The fraction of sp³-hybridized carbons (Fsp3) is 0.417. The molecular formula is C48H58IrNO3S-. The Bertz CT molecular complexity index is 2240. The van der Waals surface area contributed by atoms with Crippen molar-refractivity contribution < 1.29 is 34.4 Å². The summed E-state index contributed by atoms with van der Waals surface area (Å²) in [6.45, 7) is 23.4. The van der Waals surface area contributed by atoms with E-state index in [1.165, 1.54) is 44.5 Å².